The van der Waals surface area contributed by atoms with Crippen molar-refractivity contribution >= 4 is 41.5 Å². The molecule has 20 heavy (non-hydrogen) atoms. The second-order valence-electron chi connectivity index (χ2n) is 4.23. The van der Waals surface area contributed by atoms with Gasteiger partial charge in [0.05, 0.1) is 26.9 Å². The highest BCUT2D eigenvalue weighted by Gasteiger charge is 2.12. The van der Waals surface area contributed by atoms with Gasteiger partial charge in [-0.1, -0.05) is 17.7 Å². The Hall–Kier alpha value is -0.730. The fourth-order valence-electron chi connectivity index (χ4n) is 1.91. The normalized spacial score (nSPS) is 15.7. The maximum absolute atomic E-state index is 5.97. The van der Waals surface area contributed by atoms with E-state index in [0.29, 0.717) is 30.7 Å². The molecule has 1 aliphatic heterocycles. The van der Waals surface area contributed by atoms with Gasteiger partial charge in [0.25, 0.3) is 0 Å². The molecule has 0 radical (unpaired) electrons. The van der Waals surface area contributed by atoms with Crippen molar-refractivity contribution < 1.29 is 9.47 Å². The van der Waals surface area contributed by atoms with Gasteiger partial charge < -0.3 is 20.1 Å². The Morgan fingerprint density at radius 3 is 2.80 bits per heavy atom. The van der Waals surface area contributed by atoms with Gasteiger partial charge in [-0.15, -0.1) is 24.0 Å². The summed E-state index contributed by atoms with van der Waals surface area (Å²) in [4.78, 5) is 6.42. The van der Waals surface area contributed by atoms with E-state index in [0.717, 1.165) is 24.4 Å². The third kappa shape index (κ3) is 4.68. The molecule has 5 nitrogen and oxygen atoms in total. The monoisotopic (exact) mass is 411 g/mol. The molecular formula is C13H19ClIN3O2. The van der Waals surface area contributed by atoms with E-state index in [9.17, 15) is 0 Å². The number of ether oxygens (including phenoxy) is 2. The zero-order valence-corrected chi connectivity index (χ0v) is 14.4. The summed E-state index contributed by atoms with van der Waals surface area (Å²) in [5, 5.41) is 0.644. The van der Waals surface area contributed by atoms with Crippen molar-refractivity contribution in [3.63, 3.8) is 0 Å². The Morgan fingerprint density at radius 2 is 2.15 bits per heavy atom. The number of hydrogen-bond acceptors (Lipinski definition) is 3. The summed E-state index contributed by atoms with van der Waals surface area (Å²) >= 11 is 5.92. The molecule has 0 bridgehead atoms. The summed E-state index contributed by atoms with van der Waals surface area (Å²) in [5.41, 5.74) is 6.93. The number of benzene rings is 1. The van der Waals surface area contributed by atoms with Crippen molar-refractivity contribution in [1.82, 2.24) is 4.90 Å². The summed E-state index contributed by atoms with van der Waals surface area (Å²) < 4.78 is 10.6. The number of guanidine groups is 1. The minimum absolute atomic E-state index is 0. The van der Waals surface area contributed by atoms with Gasteiger partial charge in [0, 0.05) is 23.7 Å². The molecule has 0 atom stereocenters. The molecule has 7 heteroatoms. The Balaban J connectivity index is 0.00000200. The highest BCUT2D eigenvalue weighted by Crippen LogP contribution is 2.23. The summed E-state index contributed by atoms with van der Waals surface area (Å²) in [6, 6.07) is 5.49. The first-order valence-corrected chi connectivity index (χ1v) is 6.53. The Labute approximate surface area is 141 Å². The minimum Gasteiger partial charge on any atom is -0.496 e. The van der Waals surface area contributed by atoms with Crippen LogP contribution in [0.25, 0.3) is 0 Å². The number of morpholine rings is 1. The van der Waals surface area contributed by atoms with Gasteiger partial charge in [-0.05, 0) is 12.1 Å². The average Bonchev–Trinajstić information content (AvgIpc) is 2.46. The molecule has 0 unspecified atom stereocenters. The summed E-state index contributed by atoms with van der Waals surface area (Å²) in [6.07, 6.45) is 0. The highest BCUT2D eigenvalue weighted by molar-refractivity contribution is 14.0. The molecule has 0 spiro atoms. The fraction of sp³-hybridized carbons (Fsp3) is 0.462. The van der Waals surface area contributed by atoms with Crippen LogP contribution in [0.4, 0.5) is 0 Å². The van der Waals surface area contributed by atoms with Crippen LogP contribution in [0.1, 0.15) is 5.56 Å². The molecule has 1 aromatic carbocycles. The molecular weight excluding hydrogens is 393 g/mol. The number of nitrogens with two attached hydrogens (primary N) is 1. The van der Waals surface area contributed by atoms with Gasteiger partial charge in [0.1, 0.15) is 5.75 Å². The largest absolute Gasteiger partial charge is 0.496 e. The van der Waals surface area contributed by atoms with Crippen molar-refractivity contribution in [3.8, 4) is 5.75 Å². The topological polar surface area (TPSA) is 60.1 Å². The van der Waals surface area contributed by atoms with Crippen molar-refractivity contribution in [2.45, 2.75) is 6.54 Å². The highest BCUT2D eigenvalue weighted by atomic mass is 127. The Bertz CT molecular complexity index is 465. The van der Waals surface area contributed by atoms with E-state index in [4.69, 9.17) is 26.8 Å². The lowest BCUT2D eigenvalue weighted by Gasteiger charge is -2.27. The number of rotatable bonds is 3. The molecule has 0 saturated carbocycles. The zero-order chi connectivity index (χ0) is 13.7. The molecule has 0 amide bonds. The van der Waals surface area contributed by atoms with Crippen LogP contribution in [0, 0.1) is 0 Å². The zero-order valence-electron chi connectivity index (χ0n) is 11.3. The van der Waals surface area contributed by atoms with Gasteiger partial charge in [-0.2, -0.15) is 0 Å². The van der Waals surface area contributed by atoms with Gasteiger partial charge in [0.2, 0.25) is 0 Å². The molecule has 1 aliphatic rings. The molecule has 2 N–H and O–H groups in total. The Morgan fingerprint density at radius 1 is 1.45 bits per heavy atom. The maximum atomic E-state index is 5.97. The summed E-state index contributed by atoms with van der Waals surface area (Å²) in [6.45, 7) is 3.44. The molecule has 2 rings (SSSR count). The molecule has 112 valence electrons. The first kappa shape index (κ1) is 17.3. The van der Waals surface area contributed by atoms with E-state index >= 15 is 0 Å². The van der Waals surface area contributed by atoms with Crippen molar-refractivity contribution in [3.05, 3.63) is 28.8 Å². The number of methoxy groups -OCH3 is 1. The third-order valence-corrected chi connectivity index (χ3v) is 3.23. The van der Waals surface area contributed by atoms with Crippen LogP contribution >= 0.6 is 35.6 Å². The number of hydrogen-bond donors (Lipinski definition) is 1. The first-order valence-electron chi connectivity index (χ1n) is 6.15. The second-order valence-corrected chi connectivity index (χ2v) is 4.67. The van der Waals surface area contributed by atoms with Crippen LogP contribution in [0.5, 0.6) is 5.75 Å². The molecule has 0 aliphatic carbocycles. The number of aliphatic imine (C=N–C) groups is 1. The average molecular weight is 412 g/mol. The van der Waals surface area contributed by atoms with Crippen LogP contribution in [0.2, 0.25) is 5.02 Å². The van der Waals surface area contributed by atoms with Gasteiger partial charge in [-0.3, -0.25) is 0 Å². The van der Waals surface area contributed by atoms with Gasteiger partial charge in [0.15, 0.2) is 5.96 Å². The predicted octanol–water partition coefficient (Wildman–Crippen LogP) is 2.11. The summed E-state index contributed by atoms with van der Waals surface area (Å²) in [5.74, 6) is 1.27. The van der Waals surface area contributed by atoms with Gasteiger partial charge >= 0.3 is 0 Å². The molecule has 0 aromatic heterocycles. The first-order chi connectivity index (χ1) is 9.20. The number of nitrogens with zero attached hydrogens (tertiary/aromatic N) is 2. The van der Waals surface area contributed by atoms with Crippen LogP contribution in [-0.2, 0) is 11.3 Å². The maximum Gasteiger partial charge on any atom is 0.191 e. The molecule has 1 saturated heterocycles. The van der Waals surface area contributed by atoms with Crippen LogP contribution in [-0.4, -0.2) is 44.3 Å². The second kappa shape index (κ2) is 8.53. The van der Waals surface area contributed by atoms with E-state index in [1.54, 1.807) is 13.2 Å². The van der Waals surface area contributed by atoms with Crippen molar-refractivity contribution in [2.75, 3.05) is 33.4 Å². The molecule has 1 heterocycles. The SMILES string of the molecule is COc1cc(Cl)ccc1CN=C(N)N1CCOCC1.I. The lowest BCUT2D eigenvalue weighted by atomic mass is 10.2. The minimum atomic E-state index is 0. The molecule has 1 fully saturated rings. The van der Waals surface area contributed by atoms with E-state index in [-0.39, 0.29) is 24.0 Å². The van der Waals surface area contributed by atoms with Gasteiger partial charge in [-0.25, -0.2) is 4.99 Å². The summed E-state index contributed by atoms with van der Waals surface area (Å²) in [7, 11) is 1.62. The lowest BCUT2D eigenvalue weighted by Crippen LogP contribution is -2.44. The lowest BCUT2D eigenvalue weighted by molar-refractivity contribution is 0.0674. The quantitative estimate of drug-likeness (QED) is 0.470. The number of halogens is 2. The van der Waals surface area contributed by atoms with E-state index in [2.05, 4.69) is 4.99 Å². The fourth-order valence-corrected chi connectivity index (χ4v) is 2.07. The van der Waals surface area contributed by atoms with Crippen LogP contribution < -0.4 is 10.5 Å². The predicted molar refractivity (Wildman–Crippen MR) is 91.1 cm³/mol. The smallest absolute Gasteiger partial charge is 0.191 e. The van der Waals surface area contributed by atoms with E-state index in [1.807, 2.05) is 17.0 Å². The Kier molecular flexibility index (Phi) is 7.39. The van der Waals surface area contributed by atoms with Crippen molar-refractivity contribution in [1.29, 1.82) is 0 Å². The standard InChI is InChI=1S/C13H18ClN3O2.HI/c1-18-12-8-11(14)3-2-10(12)9-16-13(15)17-4-6-19-7-5-17;/h2-3,8H,4-7,9H2,1H3,(H2,15,16);1H. The van der Waals surface area contributed by atoms with E-state index in [1.165, 1.54) is 0 Å². The van der Waals surface area contributed by atoms with Crippen LogP contribution in [0.3, 0.4) is 0 Å². The van der Waals surface area contributed by atoms with Crippen LogP contribution in [0.15, 0.2) is 23.2 Å². The molecule has 1 aromatic rings. The van der Waals surface area contributed by atoms with E-state index < -0.39 is 0 Å². The van der Waals surface area contributed by atoms with Crippen molar-refractivity contribution in [2.24, 2.45) is 10.7 Å². The third-order valence-electron chi connectivity index (χ3n) is 3.00.